The van der Waals surface area contributed by atoms with Crippen LogP contribution in [0.15, 0.2) is 16.8 Å². The summed E-state index contributed by atoms with van der Waals surface area (Å²) in [5, 5.41) is 6.93. The predicted octanol–water partition coefficient (Wildman–Crippen LogP) is 2.54. The Balaban J connectivity index is 1.84. The molecule has 2 heterocycles. The topological polar surface area (TPSA) is 49.4 Å². The van der Waals surface area contributed by atoms with Gasteiger partial charge in [-0.3, -0.25) is 9.59 Å². The Kier molecular flexibility index (Phi) is 4.29. The van der Waals surface area contributed by atoms with Crippen LogP contribution in [0.4, 0.5) is 0 Å². The molecule has 1 saturated carbocycles. The van der Waals surface area contributed by atoms with E-state index in [1.165, 1.54) is 19.3 Å². The summed E-state index contributed by atoms with van der Waals surface area (Å²) in [5.41, 5.74) is 1.12. The molecule has 2 unspecified atom stereocenters. The summed E-state index contributed by atoms with van der Waals surface area (Å²) >= 11 is 1.63. The van der Waals surface area contributed by atoms with Crippen molar-refractivity contribution in [2.45, 2.75) is 57.7 Å². The van der Waals surface area contributed by atoms with Crippen molar-refractivity contribution in [1.82, 2.24) is 10.2 Å². The Bertz CT molecular complexity index is 508. The first-order valence-electron chi connectivity index (χ1n) is 7.79. The summed E-state index contributed by atoms with van der Waals surface area (Å²) in [4.78, 5) is 26.9. The molecule has 0 bridgehead atoms. The third-order valence-electron chi connectivity index (χ3n) is 4.65. The van der Waals surface area contributed by atoms with E-state index in [0.717, 1.165) is 18.4 Å². The molecule has 114 valence electrons. The van der Waals surface area contributed by atoms with Crippen LogP contribution in [0, 0.1) is 5.92 Å². The number of hydrogen-bond acceptors (Lipinski definition) is 3. The molecule has 1 aliphatic heterocycles. The molecule has 0 spiro atoms. The molecule has 1 aliphatic carbocycles. The van der Waals surface area contributed by atoms with E-state index in [9.17, 15) is 9.59 Å². The van der Waals surface area contributed by atoms with E-state index in [-0.39, 0.29) is 17.9 Å². The first-order valence-corrected chi connectivity index (χ1v) is 8.73. The molecule has 21 heavy (non-hydrogen) atoms. The van der Waals surface area contributed by atoms with E-state index in [1.54, 1.807) is 18.3 Å². The molecule has 1 aromatic heterocycles. The van der Waals surface area contributed by atoms with Gasteiger partial charge in [-0.1, -0.05) is 19.3 Å². The Morgan fingerprint density at radius 3 is 2.71 bits per heavy atom. The fourth-order valence-electron chi connectivity index (χ4n) is 3.56. The molecular formula is C16H22N2O2S. The van der Waals surface area contributed by atoms with Crippen LogP contribution in [0.1, 0.15) is 44.6 Å². The zero-order valence-corrected chi connectivity index (χ0v) is 13.2. The molecule has 5 heteroatoms. The number of thiophene rings is 1. The summed E-state index contributed by atoms with van der Waals surface area (Å²) in [6, 6.07) is 1.34. The number of carbonyl (C=O) groups is 2. The van der Waals surface area contributed by atoms with Gasteiger partial charge >= 0.3 is 0 Å². The van der Waals surface area contributed by atoms with Crippen LogP contribution >= 0.6 is 11.3 Å². The van der Waals surface area contributed by atoms with Crippen molar-refractivity contribution in [3.8, 4) is 0 Å². The Hall–Kier alpha value is -1.36. The highest BCUT2D eigenvalue weighted by atomic mass is 32.1. The minimum atomic E-state index is -0.407. The summed E-state index contributed by atoms with van der Waals surface area (Å²) < 4.78 is 0. The Morgan fingerprint density at radius 2 is 2.05 bits per heavy atom. The highest BCUT2D eigenvalue weighted by Gasteiger charge is 2.42. The minimum Gasteiger partial charge on any atom is -0.343 e. The van der Waals surface area contributed by atoms with E-state index in [0.29, 0.717) is 12.5 Å². The van der Waals surface area contributed by atoms with Gasteiger partial charge in [0.1, 0.15) is 12.1 Å². The monoisotopic (exact) mass is 306 g/mol. The van der Waals surface area contributed by atoms with Crippen LogP contribution in [0.3, 0.4) is 0 Å². The number of piperazine rings is 1. The van der Waals surface area contributed by atoms with Gasteiger partial charge in [-0.05, 0) is 48.1 Å². The highest BCUT2D eigenvalue weighted by molar-refractivity contribution is 7.07. The molecular weight excluding hydrogens is 284 g/mol. The molecule has 3 rings (SSSR count). The Morgan fingerprint density at radius 1 is 1.29 bits per heavy atom. The van der Waals surface area contributed by atoms with Gasteiger partial charge < -0.3 is 10.2 Å². The number of nitrogens with zero attached hydrogens (tertiary/aromatic N) is 1. The SMILES string of the molecule is CC1NC(=O)C(C2CCCCC2)N(Cc2ccsc2)C1=O. The number of amides is 2. The fourth-order valence-corrected chi connectivity index (χ4v) is 4.22. The molecule has 1 saturated heterocycles. The third-order valence-corrected chi connectivity index (χ3v) is 5.38. The molecule has 2 fully saturated rings. The van der Waals surface area contributed by atoms with Gasteiger partial charge in [-0.25, -0.2) is 0 Å². The summed E-state index contributed by atoms with van der Waals surface area (Å²) in [6.07, 6.45) is 5.70. The highest BCUT2D eigenvalue weighted by Crippen LogP contribution is 2.32. The quantitative estimate of drug-likeness (QED) is 0.933. The standard InChI is InChI=1S/C16H22N2O2S/c1-11-16(20)18(9-12-7-8-21-10-12)14(15(19)17-11)13-5-3-2-4-6-13/h7-8,10-11,13-14H,2-6,9H2,1H3,(H,17,19). The van der Waals surface area contributed by atoms with Gasteiger partial charge in [-0.15, -0.1) is 0 Å². The maximum absolute atomic E-state index is 12.6. The smallest absolute Gasteiger partial charge is 0.245 e. The number of carbonyl (C=O) groups excluding carboxylic acids is 2. The van der Waals surface area contributed by atoms with Gasteiger partial charge in [-0.2, -0.15) is 11.3 Å². The fraction of sp³-hybridized carbons (Fsp3) is 0.625. The van der Waals surface area contributed by atoms with Crippen molar-refractivity contribution in [2.75, 3.05) is 0 Å². The maximum atomic E-state index is 12.6. The van der Waals surface area contributed by atoms with Crippen molar-refractivity contribution in [2.24, 2.45) is 5.92 Å². The summed E-state index contributed by atoms with van der Waals surface area (Å²) in [5.74, 6) is 0.398. The zero-order chi connectivity index (χ0) is 14.8. The van der Waals surface area contributed by atoms with Crippen LogP contribution in [0.25, 0.3) is 0 Å². The first-order chi connectivity index (χ1) is 10.2. The van der Waals surface area contributed by atoms with Crippen molar-refractivity contribution in [1.29, 1.82) is 0 Å². The van der Waals surface area contributed by atoms with Crippen molar-refractivity contribution in [3.63, 3.8) is 0 Å². The molecule has 2 atom stereocenters. The van der Waals surface area contributed by atoms with Crippen LogP contribution in [0.5, 0.6) is 0 Å². The van der Waals surface area contributed by atoms with E-state index >= 15 is 0 Å². The lowest BCUT2D eigenvalue weighted by atomic mass is 9.81. The predicted molar refractivity (Wildman–Crippen MR) is 82.8 cm³/mol. The summed E-state index contributed by atoms with van der Waals surface area (Å²) in [6.45, 7) is 2.33. The second-order valence-corrected chi connectivity index (χ2v) is 6.95. The minimum absolute atomic E-state index is 0.0317. The maximum Gasteiger partial charge on any atom is 0.245 e. The van der Waals surface area contributed by atoms with Gasteiger partial charge in [0.2, 0.25) is 11.8 Å². The van der Waals surface area contributed by atoms with E-state index in [1.807, 2.05) is 16.3 Å². The lowest BCUT2D eigenvalue weighted by Gasteiger charge is -2.42. The largest absolute Gasteiger partial charge is 0.343 e. The molecule has 1 N–H and O–H groups in total. The number of nitrogens with one attached hydrogen (secondary N) is 1. The average Bonchev–Trinajstić information content (AvgIpc) is 2.98. The van der Waals surface area contributed by atoms with E-state index in [2.05, 4.69) is 10.7 Å². The van der Waals surface area contributed by atoms with Crippen LogP contribution in [0.2, 0.25) is 0 Å². The first kappa shape index (κ1) is 14.6. The summed E-state index contributed by atoms with van der Waals surface area (Å²) in [7, 11) is 0. The van der Waals surface area contributed by atoms with Crippen molar-refractivity contribution >= 4 is 23.2 Å². The van der Waals surface area contributed by atoms with Crippen molar-refractivity contribution in [3.05, 3.63) is 22.4 Å². The van der Waals surface area contributed by atoms with Gasteiger partial charge in [0.15, 0.2) is 0 Å². The molecule has 2 amide bonds. The molecule has 0 aromatic carbocycles. The molecule has 2 aliphatic rings. The van der Waals surface area contributed by atoms with Gasteiger partial charge in [0, 0.05) is 6.54 Å². The van der Waals surface area contributed by atoms with Crippen LogP contribution < -0.4 is 5.32 Å². The average molecular weight is 306 g/mol. The molecule has 1 aromatic rings. The van der Waals surface area contributed by atoms with Crippen LogP contribution in [-0.4, -0.2) is 28.8 Å². The van der Waals surface area contributed by atoms with Gasteiger partial charge in [0.05, 0.1) is 0 Å². The lowest BCUT2D eigenvalue weighted by Crippen LogP contribution is -2.64. The number of rotatable bonds is 3. The Labute approximate surface area is 129 Å². The van der Waals surface area contributed by atoms with Crippen LogP contribution in [-0.2, 0) is 16.1 Å². The van der Waals surface area contributed by atoms with E-state index < -0.39 is 6.04 Å². The van der Waals surface area contributed by atoms with Crippen molar-refractivity contribution < 1.29 is 9.59 Å². The van der Waals surface area contributed by atoms with E-state index in [4.69, 9.17) is 0 Å². The third kappa shape index (κ3) is 2.98. The number of hydrogen-bond donors (Lipinski definition) is 1. The lowest BCUT2D eigenvalue weighted by molar-refractivity contribution is -0.152. The van der Waals surface area contributed by atoms with Gasteiger partial charge in [0.25, 0.3) is 0 Å². The molecule has 4 nitrogen and oxygen atoms in total. The second kappa shape index (κ2) is 6.18. The zero-order valence-electron chi connectivity index (χ0n) is 12.4. The normalized spacial score (nSPS) is 27.8. The second-order valence-electron chi connectivity index (χ2n) is 6.17. The molecule has 0 radical (unpaired) electrons.